The minimum Gasteiger partial charge on any atom is -0.481 e. The van der Waals surface area contributed by atoms with E-state index in [1.807, 2.05) is 0 Å². The zero-order chi connectivity index (χ0) is 16.2. The fourth-order valence-electron chi connectivity index (χ4n) is 1.84. The minimum atomic E-state index is -0.888. The molecule has 8 nitrogen and oxygen atoms in total. The molecule has 2 aromatic rings. The number of carbonyl (C=O) groups is 2. The number of nitrogens with one attached hydrogen (secondary N) is 1. The Morgan fingerprint density at radius 1 is 1.36 bits per heavy atom. The van der Waals surface area contributed by atoms with E-state index in [-0.39, 0.29) is 12.3 Å². The van der Waals surface area contributed by atoms with E-state index in [1.165, 1.54) is 23.5 Å². The van der Waals surface area contributed by atoms with Crippen LogP contribution >= 0.6 is 0 Å². The van der Waals surface area contributed by atoms with Crippen LogP contribution in [-0.2, 0) is 4.79 Å². The highest BCUT2D eigenvalue weighted by Gasteiger charge is 2.22. The van der Waals surface area contributed by atoms with E-state index in [1.54, 1.807) is 26.0 Å². The maximum Gasteiger partial charge on any atom is 0.303 e. The Labute approximate surface area is 127 Å². The van der Waals surface area contributed by atoms with Crippen LogP contribution in [0.3, 0.4) is 0 Å². The Bertz CT molecular complexity index is 650. The van der Waals surface area contributed by atoms with E-state index >= 15 is 0 Å². The monoisotopic (exact) mass is 303 g/mol. The molecule has 0 aliphatic heterocycles. The van der Waals surface area contributed by atoms with Crippen LogP contribution in [0.1, 0.15) is 37.0 Å². The van der Waals surface area contributed by atoms with E-state index in [9.17, 15) is 9.59 Å². The van der Waals surface area contributed by atoms with Gasteiger partial charge in [0.1, 0.15) is 12.7 Å². The number of rotatable bonds is 6. The van der Waals surface area contributed by atoms with Gasteiger partial charge in [-0.3, -0.25) is 9.59 Å². The fourth-order valence-corrected chi connectivity index (χ4v) is 1.84. The molecule has 2 rings (SSSR count). The van der Waals surface area contributed by atoms with Crippen molar-refractivity contribution in [1.82, 2.24) is 25.1 Å². The van der Waals surface area contributed by atoms with Crippen molar-refractivity contribution < 1.29 is 14.7 Å². The van der Waals surface area contributed by atoms with Crippen LogP contribution < -0.4 is 5.32 Å². The van der Waals surface area contributed by atoms with Crippen LogP contribution in [0.5, 0.6) is 0 Å². The molecule has 2 aromatic heterocycles. The summed E-state index contributed by atoms with van der Waals surface area (Å²) in [7, 11) is 0. The molecule has 0 bridgehead atoms. The van der Waals surface area contributed by atoms with Crippen molar-refractivity contribution in [2.24, 2.45) is 0 Å². The van der Waals surface area contributed by atoms with Crippen LogP contribution in [0.2, 0.25) is 0 Å². The molecule has 2 heterocycles. The van der Waals surface area contributed by atoms with Gasteiger partial charge >= 0.3 is 5.97 Å². The summed E-state index contributed by atoms with van der Waals surface area (Å²) in [5.74, 6) is -0.631. The van der Waals surface area contributed by atoms with Gasteiger partial charge in [0.25, 0.3) is 5.91 Å². The predicted molar refractivity (Wildman–Crippen MR) is 77.6 cm³/mol. The molecule has 0 radical (unpaired) electrons. The Morgan fingerprint density at radius 3 is 2.68 bits per heavy atom. The second kappa shape index (κ2) is 6.33. The predicted octanol–water partition coefficient (Wildman–Crippen LogP) is 1.04. The molecule has 0 unspecified atom stereocenters. The molecule has 0 aromatic carbocycles. The number of carboxylic acid groups (broad SMARTS) is 1. The Hall–Kier alpha value is -2.77. The summed E-state index contributed by atoms with van der Waals surface area (Å²) >= 11 is 0. The third-order valence-electron chi connectivity index (χ3n) is 3.08. The maximum atomic E-state index is 12.2. The molecule has 22 heavy (non-hydrogen) atoms. The van der Waals surface area contributed by atoms with Crippen LogP contribution in [0.15, 0.2) is 31.0 Å². The number of aliphatic carboxylic acids is 1. The van der Waals surface area contributed by atoms with Crippen molar-refractivity contribution in [3.8, 4) is 5.82 Å². The normalized spacial score (nSPS) is 11.2. The summed E-state index contributed by atoms with van der Waals surface area (Å²) in [5, 5.41) is 15.5. The molecular formula is C14H17N5O3. The summed E-state index contributed by atoms with van der Waals surface area (Å²) in [6.07, 6.45) is 4.69. The topological polar surface area (TPSA) is 110 Å². The Balaban J connectivity index is 2.02. The highest BCUT2D eigenvalue weighted by Crippen LogP contribution is 2.13. The number of hydrogen-bond acceptors (Lipinski definition) is 5. The average molecular weight is 303 g/mol. The molecule has 0 saturated carbocycles. The van der Waals surface area contributed by atoms with E-state index in [0.29, 0.717) is 17.8 Å². The summed E-state index contributed by atoms with van der Waals surface area (Å²) < 4.78 is 1.48. The van der Waals surface area contributed by atoms with E-state index < -0.39 is 11.5 Å². The smallest absolute Gasteiger partial charge is 0.303 e. The summed E-state index contributed by atoms with van der Waals surface area (Å²) in [5.41, 5.74) is -0.215. The van der Waals surface area contributed by atoms with Gasteiger partial charge in [0.15, 0.2) is 5.82 Å². The van der Waals surface area contributed by atoms with Crippen molar-refractivity contribution in [3.05, 3.63) is 36.5 Å². The zero-order valence-corrected chi connectivity index (χ0v) is 12.4. The number of hydrogen-bond donors (Lipinski definition) is 2. The molecule has 1 amide bonds. The SMILES string of the molecule is CC(C)(CCC(=O)O)NC(=O)c1ccc(-n2cncn2)nc1. The summed E-state index contributed by atoms with van der Waals surface area (Å²) in [6.45, 7) is 3.57. The highest BCUT2D eigenvalue weighted by atomic mass is 16.4. The van der Waals surface area contributed by atoms with Crippen molar-refractivity contribution in [2.75, 3.05) is 0 Å². The first-order chi connectivity index (χ1) is 10.4. The van der Waals surface area contributed by atoms with Gasteiger partial charge in [0.2, 0.25) is 0 Å². The number of carboxylic acids is 1. The third kappa shape index (κ3) is 4.11. The standard InChI is InChI=1S/C14H17N5O3/c1-14(2,6-5-12(20)21)18-13(22)10-3-4-11(16-7-10)19-9-15-8-17-19/h3-4,7-9H,5-6H2,1-2H3,(H,18,22)(H,20,21). The van der Waals surface area contributed by atoms with Crippen LogP contribution in [0.4, 0.5) is 0 Å². The molecule has 116 valence electrons. The molecular weight excluding hydrogens is 286 g/mol. The quantitative estimate of drug-likeness (QED) is 0.825. The molecule has 0 aliphatic carbocycles. The second-order valence-corrected chi connectivity index (χ2v) is 5.48. The van der Waals surface area contributed by atoms with Crippen molar-refractivity contribution in [3.63, 3.8) is 0 Å². The second-order valence-electron chi connectivity index (χ2n) is 5.48. The lowest BCUT2D eigenvalue weighted by Gasteiger charge is -2.25. The first kappa shape index (κ1) is 15.6. The molecule has 0 spiro atoms. The van der Waals surface area contributed by atoms with Crippen molar-refractivity contribution >= 4 is 11.9 Å². The average Bonchev–Trinajstić information content (AvgIpc) is 2.99. The van der Waals surface area contributed by atoms with Gasteiger partial charge in [-0.25, -0.2) is 14.6 Å². The summed E-state index contributed by atoms with van der Waals surface area (Å²) in [6, 6.07) is 3.29. The van der Waals surface area contributed by atoms with E-state index in [2.05, 4.69) is 20.4 Å². The van der Waals surface area contributed by atoms with Gasteiger partial charge in [-0.1, -0.05) is 0 Å². The van der Waals surface area contributed by atoms with Crippen LogP contribution in [0.25, 0.3) is 5.82 Å². The van der Waals surface area contributed by atoms with Gasteiger partial charge < -0.3 is 10.4 Å². The van der Waals surface area contributed by atoms with Gasteiger partial charge in [0, 0.05) is 18.2 Å². The van der Waals surface area contributed by atoms with Gasteiger partial charge in [0.05, 0.1) is 5.56 Å². The summed E-state index contributed by atoms with van der Waals surface area (Å²) in [4.78, 5) is 30.8. The zero-order valence-electron chi connectivity index (χ0n) is 12.4. The van der Waals surface area contributed by atoms with E-state index in [0.717, 1.165) is 0 Å². The Kier molecular flexibility index (Phi) is 4.50. The third-order valence-corrected chi connectivity index (χ3v) is 3.08. The number of nitrogens with zero attached hydrogens (tertiary/aromatic N) is 4. The molecule has 0 atom stereocenters. The number of aromatic nitrogens is 4. The molecule has 0 aliphatic rings. The lowest BCUT2D eigenvalue weighted by molar-refractivity contribution is -0.137. The molecule has 0 fully saturated rings. The fraction of sp³-hybridized carbons (Fsp3) is 0.357. The van der Waals surface area contributed by atoms with Gasteiger partial charge in [-0.05, 0) is 32.4 Å². The number of amides is 1. The largest absolute Gasteiger partial charge is 0.481 e. The minimum absolute atomic E-state index is 0.00321. The lowest BCUT2D eigenvalue weighted by atomic mass is 9.98. The first-order valence-corrected chi connectivity index (χ1v) is 6.73. The van der Waals surface area contributed by atoms with Crippen molar-refractivity contribution in [1.29, 1.82) is 0 Å². The highest BCUT2D eigenvalue weighted by molar-refractivity contribution is 5.94. The van der Waals surface area contributed by atoms with E-state index in [4.69, 9.17) is 5.11 Å². The van der Waals surface area contributed by atoms with Crippen molar-refractivity contribution in [2.45, 2.75) is 32.2 Å². The molecule has 8 heteroatoms. The first-order valence-electron chi connectivity index (χ1n) is 6.73. The Morgan fingerprint density at radius 2 is 2.14 bits per heavy atom. The van der Waals surface area contributed by atoms with Crippen LogP contribution in [-0.4, -0.2) is 42.3 Å². The van der Waals surface area contributed by atoms with Gasteiger partial charge in [-0.2, -0.15) is 5.10 Å². The number of carbonyl (C=O) groups excluding carboxylic acids is 1. The van der Waals surface area contributed by atoms with Crippen LogP contribution in [0, 0.1) is 0 Å². The maximum absolute atomic E-state index is 12.2. The van der Waals surface area contributed by atoms with Gasteiger partial charge in [-0.15, -0.1) is 0 Å². The lowest BCUT2D eigenvalue weighted by Crippen LogP contribution is -2.43. The molecule has 2 N–H and O–H groups in total. The number of pyridine rings is 1. The molecule has 0 saturated heterocycles.